The molecule has 3 nitrogen and oxygen atoms in total. The molecule has 0 aliphatic rings. The van der Waals surface area contributed by atoms with Gasteiger partial charge >= 0.3 is 0 Å². The van der Waals surface area contributed by atoms with Crippen molar-refractivity contribution in [3.05, 3.63) is 64.7 Å². The van der Waals surface area contributed by atoms with Crippen molar-refractivity contribution >= 4 is 23.4 Å². The maximum atomic E-state index is 6.13. The van der Waals surface area contributed by atoms with E-state index in [0.29, 0.717) is 16.9 Å². The number of thioether (sulfide) groups is 1. The molecule has 0 aliphatic carbocycles. The monoisotopic (exact) mass is 316 g/mol. The number of nitrogens with zero attached hydrogens (tertiary/aromatic N) is 2. The predicted octanol–water partition coefficient (Wildman–Crippen LogP) is 4.99. The van der Waals surface area contributed by atoms with Gasteiger partial charge in [0.15, 0.2) is 0 Å². The zero-order chi connectivity index (χ0) is 14.7. The van der Waals surface area contributed by atoms with Crippen LogP contribution in [0.3, 0.4) is 0 Å². The van der Waals surface area contributed by atoms with Crippen molar-refractivity contribution < 1.29 is 4.42 Å². The van der Waals surface area contributed by atoms with Crippen LogP contribution < -0.4 is 0 Å². The Morgan fingerprint density at radius 2 is 1.95 bits per heavy atom. The average molecular weight is 317 g/mol. The number of aromatic nitrogens is 2. The molecule has 21 heavy (non-hydrogen) atoms. The molecular weight excluding hydrogens is 304 g/mol. The van der Waals surface area contributed by atoms with Gasteiger partial charge in [-0.25, -0.2) is 0 Å². The van der Waals surface area contributed by atoms with Crippen LogP contribution in [-0.4, -0.2) is 10.2 Å². The molecule has 3 rings (SSSR count). The minimum atomic E-state index is 0.542. The lowest BCUT2D eigenvalue weighted by Gasteiger charge is -2.00. The minimum Gasteiger partial charge on any atom is -0.411 e. The molecule has 106 valence electrons. The van der Waals surface area contributed by atoms with Crippen molar-refractivity contribution in [3.8, 4) is 11.5 Å². The SMILES string of the molecule is Cc1cccc(-c2nnc(SCc3ccccc3Cl)o2)c1. The summed E-state index contributed by atoms with van der Waals surface area (Å²) in [6.45, 7) is 2.03. The highest BCUT2D eigenvalue weighted by Gasteiger charge is 2.10. The second-order valence-electron chi connectivity index (χ2n) is 4.62. The Morgan fingerprint density at radius 3 is 2.76 bits per heavy atom. The van der Waals surface area contributed by atoms with Gasteiger partial charge in [-0.05, 0) is 30.7 Å². The number of rotatable bonds is 4. The van der Waals surface area contributed by atoms with E-state index < -0.39 is 0 Å². The fraction of sp³-hybridized carbons (Fsp3) is 0.125. The fourth-order valence-electron chi connectivity index (χ4n) is 1.92. The molecule has 0 atom stereocenters. The van der Waals surface area contributed by atoms with E-state index in [1.54, 1.807) is 0 Å². The van der Waals surface area contributed by atoms with Crippen molar-refractivity contribution in [2.75, 3.05) is 0 Å². The molecule has 2 aromatic carbocycles. The van der Waals surface area contributed by atoms with E-state index in [-0.39, 0.29) is 0 Å². The quantitative estimate of drug-likeness (QED) is 0.636. The van der Waals surface area contributed by atoms with Crippen LogP contribution >= 0.6 is 23.4 Å². The Kier molecular flexibility index (Phi) is 4.27. The van der Waals surface area contributed by atoms with Crippen LogP contribution in [0.15, 0.2) is 58.2 Å². The molecule has 0 radical (unpaired) electrons. The Morgan fingerprint density at radius 1 is 1.10 bits per heavy atom. The highest BCUT2D eigenvalue weighted by molar-refractivity contribution is 7.98. The Bertz CT molecular complexity index is 757. The standard InChI is InChI=1S/C16H13ClN2OS/c1-11-5-4-7-12(9-11)15-18-19-16(20-15)21-10-13-6-2-3-8-14(13)17/h2-9H,10H2,1H3. The molecule has 0 bridgehead atoms. The average Bonchev–Trinajstić information content (AvgIpc) is 2.95. The van der Waals surface area contributed by atoms with Crippen LogP contribution in [0.2, 0.25) is 5.02 Å². The van der Waals surface area contributed by atoms with E-state index in [0.717, 1.165) is 21.7 Å². The molecule has 1 heterocycles. The number of aryl methyl sites for hydroxylation is 1. The van der Waals surface area contributed by atoms with Gasteiger partial charge < -0.3 is 4.42 Å². The first kappa shape index (κ1) is 14.2. The topological polar surface area (TPSA) is 38.9 Å². The van der Waals surface area contributed by atoms with E-state index in [1.807, 2.05) is 55.5 Å². The van der Waals surface area contributed by atoms with Gasteiger partial charge in [-0.3, -0.25) is 0 Å². The zero-order valence-corrected chi connectivity index (χ0v) is 13.0. The van der Waals surface area contributed by atoms with Gasteiger partial charge in [0.05, 0.1) is 0 Å². The number of benzene rings is 2. The smallest absolute Gasteiger partial charge is 0.277 e. The molecule has 0 N–H and O–H groups in total. The van der Waals surface area contributed by atoms with Crippen LogP contribution in [0.1, 0.15) is 11.1 Å². The van der Waals surface area contributed by atoms with Crippen LogP contribution in [0.4, 0.5) is 0 Å². The normalized spacial score (nSPS) is 10.8. The summed E-state index contributed by atoms with van der Waals surface area (Å²) in [5.74, 6) is 1.25. The van der Waals surface area contributed by atoms with E-state index in [1.165, 1.54) is 11.8 Å². The minimum absolute atomic E-state index is 0.542. The van der Waals surface area contributed by atoms with Crippen molar-refractivity contribution in [1.82, 2.24) is 10.2 Å². The Hall–Kier alpha value is -1.78. The van der Waals surface area contributed by atoms with Gasteiger partial charge in [-0.15, -0.1) is 10.2 Å². The molecule has 0 fully saturated rings. The molecule has 0 unspecified atom stereocenters. The van der Waals surface area contributed by atoms with Gasteiger partial charge in [-0.1, -0.05) is 59.3 Å². The molecule has 0 amide bonds. The van der Waals surface area contributed by atoms with E-state index in [2.05, 4.69) is 10.2 Å². The third-order valence-corrected chi connectivity index (χ3v) is 4.22. The summed E-state index contributed by atoms with van der Waals surface area (Å²) in [6, 6.07) is 15.8. The van der Waals surface area contributed by atoms with Gasteiger partial charge in [0, 0.05) is 16.3 Å². The van der Waals surface area contributed by atoms with E-state index >= 15 is 0 Å². The van der Waals surface area contributed by atoms with E-state index in [9.17, 15) is 0 Å². The second kappa shape index (κ2) is 6.33. The first-order chi connectivity index (χ1) is 10.2. The van der Waals surface area contributed by atoms with Crippen molar-refractivity contribution in [2.45, 2.75) is 17.9 Å². The molecule has 0 aliphatic heterocycles. The zero-order valence-electron chi connectivity index (χ0n) is 11.4. The molecule has 0 saturated heterocycles. The van der Waals surface area contributed by atoms with Gasteiger partial charge in [0.25, 0.3) is 5.22 Å². The maximum absolute atomic E-state index is 6.13. The van der Waals surface area contributed by atoms with Crippen molar-refractivity contribution in [3.63, 3.8) is 0 Å². The number of halogens is 1. The van der Waals surface area contributed by atoms with Gasteiger partial charge in [0.1, 0.15) is 0 Å². The largest absolute Gasteiger partial charge is 0.411 e. The highest BCUT2D eigenvalue weighted by atomic mass is 35.5. The van der Waals surface area contributed by atoms with Crippen LogP contribution in [-0.2, 0) is 5.75 Å². The predicted molar refractivity (Wildman–Crippen MR) is 85.5 cm³/mol. The molecule has 0 spiro atoms. The lowest BCUT2D eigenvalue weighted by molar-refractivity contribution is 0.466. The Balaban J connectivity index is 1.72. The van der Waals surface area contributed by atoms with Crippen LogP contribution in [0.25, 0.3) is 11.5 Å². The van der Waals surface area contributed by atoms with E-state index in [4.69, 9.17) is 16.0 Å². The molecular formula is C16H13ClN2OS. The van der Waals surface area contributed by atoms with Gasteiger partial charge in [0.2, 0.25) is 5.89 Å². The van der Waals surface area contributed by atoms with Gasteiger partial charge in [-0.2, -0.15) is 0 Å². The van der Waals surface area contributed by atoms with Crippen LogP contribution in [0.5, 0.6) is 0 Å². The molecule has 5 heteroatoms. The van der Waals surface area contributed by atoms with Crippen molar-refractivity contribution in [2.24, 2.45) is 0 Å². The van der Waals surface area contributed by atoms with Crippen LogP contribution in [0, 0.1) is 6.92 Å². The summed E-state index contributed by atoms with van der Waals surface area (Å²) in [5, 5.41) is 9.46. The van der Waals surface area contributed by atoms with Crippen molar-refractivity contribution in [1.29, 1.82) is 0 Å². The maximum Gasteiger partial charge on any atom is 0.277 e. The first-order valence-corrected chi connectivity index (χ1v) is 7.85. The summed E-state index contributed by atoms with van der Waals surface area (Å²) in [7, 11) is 0. The lowest BCUT2D eigenvalue weighted by Crippen LogP contribution is -1.81. The Labute approximate surface area is 132 Å². The lowest BCUT2D eigenvalue weighted by atomic mass is 10.1. The summed E-state index contributed by atoms with van der Waals surface area (Å²) in [6.07, 6.45) is 0. The third kappa shape index (κ3) is 3.46. The summed E-state index contributed by atoms with van der Waals surface area (Å²) >= 11 is 7.61. The summed E-state index contributed by atoms with van der Waals surface area (Å²) in [5.41, 5.74) is 3.16. The summed E-state index contributed by atoms with van der Waals surface area (Å²) < 4.78 is 5.68. The molecule has 0 saturated carbocycles. The molecule has 3 aromatic rings. The highest BCUT2D eigenvalue weighted by Crippen LogP contribution is 2.28. The second-order valence-corrected chi connectivity index (χ2v) is 5.96. The summed E-state index contributed by atoms with van der Waals surface area (Å²) in [4.78, 5) is 0. The number of hydrogen-bond acceptors (Lipinski definition) is 4. The molecule has 1 aromatic heterocycles. The third-order valence-electron chi connectivity index (χ3n) is 2.98. The first-order valence-electron chi connectivity index (χ1n) is 6.49. The fourth-order valence-corrected chi connectivity index (χ4v) is 2.97. The number of hydrogen-bond donors (Lipinski definition) is 0.